The van der Waals surface area contributed by atoms with Crippen molar-refractivity contribution >= 4 is 23.3 Å². The molecular formula is C8H8ClFN2O2. The summed E-state index contributed by atoms with van der Waals surface area (Å²) in [5, 5.41) is 9.38. The molecule has 1 aromatic rings. The number of aliphatic carboxylic acids is 1. The lowest BCUT2D eigenvalue weighted by atomic mass is 10.3. The number of hydrogen-bond acceptors (Lipinski definition) is 3. The molecule has 14 heavy (non-hydrogen) atoms. The molecule has 1 atom stereocenters. The summed E-state index contributed by atoms with van der Waals surface area (Å²) in [6, 6.07) is 5.02. The second-order valence-corrected chi connectivity index (χ2v) is 2.97. The third-order valence-corrected chi connectivity index (χ3v) is 1.97. The Morgan fingerprint density at radius 2 is 2.00 bits per heavy atom. The van der Waals surface area contributed by atoms with E-state index < -0.39 is 17.3 Å². The standard InChI is InChI=1S/C8H8ClFN2O2/c9-7(8(13)14)12(11)6-3-1-5(10)2-4-6/h1-4,7H,11H2,(H,13,14). The maximum atomic E-state index is 12.5. The maximum Gasteiger partial charge on any atom is 0.343 e. The fraction of sp³-hybridized carbons (Fsp3) is 0.125. The van der Waals surface area contributed by atoms with Crippen LogP contribution < -0.4 is 10.9 Å². The summed E-state index contributed by atoms with van der Waals surface area (Å²) >= 11 is 5.45. The molecule has 4 nitrogen and oxygen atoms in total. The van der Waals surface area contributed by atoms with Crippen molar-refractivity contribution in [1.29, 1.82) is 0 Å². The summed E-state index contributed by atoms with van der Waals surface area (Å²) in [6.45, 7) is 0. The van der Waals surface area contributed by atoms with Gasteiger partial charge in [-0.25, -0.2) is 15.0 Å². The number of carboxylic acid groups (broad SMARTS) is 1. The Labute approximate surface area is 84.7 Å². The van der Waals surface area contributed by atoms with Crippen LogP contribution in [0.2, 0.25) is 0 Å². The van der Waals surface area contributed by atoms with Gasteiger partial charge in [-0.15, -0.1) is 0 Å². The molecule has 76 valence electrons. The summed E-state index contributed by atoms with van der Waals surface area (Å²) in [6.07, 6.45) is 0. The van der Waals surface area contributed by atoms with Crippen molar-refractivity contribution in [2.45, 2.75) is 5.50 Å². The van der Waals surface area contributed by atoms with Gasteiger partial charge in [0.2, 0.25) is 5.50 Å². The third kappa shape index (κ3) is 2.34. The molecule has 0 fully saturated rings. The molecule has 1 unspecified atom stereocenters. The molecule has 0 saturated heterocycles. The normalized spacial score (nSPS) is 12.2. The molecule has 0 aromatic heterocycles. The van der Waals surface area contributed by atoms with Crippen LogP contribution in [0.1, 0.15) is 0 Å². The lowest BCUT2D eigenvalue weighted by Gasteiger charge is -2.20. The molecule has 0 bridgehead atoms. The SMILES string of the molecule is NN(c1ccc(F)cc1)C(Cl)C(=O)O. The molecule has 0 saturated carbocycles. The Bertz CT molecular complexity index is 331. The minimum Gasteiger partial charge on any atom is -0.479 e. The number of nitrogens with two attached hydrogens (primary N) is 1. The predicted octanol–water partition coefficient (Wildman–Crippen LogP) is 1.16. The van der Waals surface area contributed by atoms with Crippen LogP contribution in [0.4, 0.5) is 10.1 Å². The first-order valence-electron chi connectivity index (χ1n) is 3.68. The van der Waals surface area contributed by atoms with Gasteiger partial charge in [0, 0.05) is 0 Å². The van der Waals surface area contributed by atoms with Crippen LogP contribution in [-0.2, 0) is 4.79 Å². The van der Waals surface area contributed by atoms with E-state index in [0.717, 1.165) is 5.01 Å². The summed E-state index contributed by atoms with van der Waals surface area (Å²) in [5.74, 6) is 3.70. The summed E-state index contributed by atoms with van der Waals surface area (Å²) in [4.78, 5) is 10.5. The van der Waals surface area contributed by atoms with Gasteiger partial charge in [-0.05, 0) is 24.3 Å². The molecule has 1 aromatic carbocycles. The van der Waals surface area contributed by atoms with E-state index in [-0.39, 0.29) is 0 Å². The highest BCUT2D eigenvalue weighted by atomic mass is 35.5. The molecule has 1 rings (SSSR count). The van der Waals surface area contributed by atoms with E-state index in [9.17, 15) is 9.18 Å². The zero-order valence-corrected chi connectivity index (χ0v) is 7.78. The molecule has 0 heterocycles. The van der Waals surface area contributed by atoms with Crippen LogP contribution in [0.25, 0.3) is 0 Å². The lowest BCUT2D eigenvalue weighted by Crippen LogP contribution is -2.42. The van der Waals surface area contributed by atoms with E-state index in [2.05, 4.69) is 0 Å². The minimum atomic E-state index is -1.37. The van der Waals surface area contributed by atoms with Gasteiger partial charge >= 0.3 is 5.97 Å². The van der Waals surface area contributed by atoms with Crippen molar-refractivity contribution in [2.24, 2.45) is 5.84 Å². The number of carboxylic acids is 1. The minimum absolute atomic E-state index is 0.328. The summed E-state index contributed by atoms with van der Waals surface area (Å²) < 4.78 is 12.5. The van der Waals surface area contributed by atoms with Crippen molar-refractivity contribution in [1.82, 2.24) is 0 Å². The van der Waals surface area contributed by atoms with Gasteiger partial charge in [0.25, 0.3) is 0 Å². The number of hydrogen-bond donors (Lipinski definition) is 2. The molecule has 0 spiro atoms. The quantitative estimate of drug-likeness (QED) is 0.346. The van der Waals surface area contributed by atoms with Crippen LogP contribution in [0.15, 0.2) is 24.3 Å². The summed E-state index contributed by atoms with van der Waals surface area (Å²) in [7, 11) is 0. The van der Waals surface area contributed by atoms with Crippen LogP contribution >= 0.6 is 11.6 Å². The van der Waals surface area contributed by atoms with Crippen molar-refractivity contribution in [3.8, 4) is 0 Å². The topological polar surface area (TPSA) is 66.6 Å². The monoisotopic (exact) mass is 218 g/mol. The van der Waals surface area contributed by atoms with Crippen molar-refractivity contribution in [3.63, 3.8) is 0 Å². The smallest absolute Gasteiger partial charge is 0.343 e. The number of nitrogens with zero attached hydrogens (tertiary/aromatic N) is 1. The number of rotatable bonds is 3. The van der Waals surface area contributed by atoms with Gasteiger partial charge in [0.05, 0.1) is 5.69 Å². The molecule has 0 aliphatic rings. The number of hydrazine groups is 1. The van der Waals surface area contributed by atoms with E-state index in [0.29, 0.717) is 5.69 Å². The van der Waals surface area contributed by atoms with E-state index >= 15 is 0 Å². The zero-order chi connectivity index (χ0) is 10.7. The fourth-order valence-corrected chi connectivity index (χ4v) is 0.976. The Hall–Kier alpha value is -1.33. The van der Waals surface area contributed by atoms with E-state index in [1.54, 1.807) is 0 Å². The van der Waals surface area contributed by atoms with Crippen LogP contribution in [0, 0.1) is 5.82 Å². The van der Waals surface area contributed by atoms with Crippen LogP contribution in [0.5, 0.6) is 0 Å². The molecule has 3 N–H and O–H groups in total. The van der Waals surface area contributed by atoms with E-state index in [1.807, 2.05) is 0 Å². The van der Waals surface area contributed by atoms with Crippen molar-refractivity contribution in [3.05, 3.63) is 30.1 Å². The van der Waals surface area contributed by atoms with Crippen LogP contribution in [-0.4, -0.2) is 16.6 Å². The molecule has 6 heteroatoms. The highest BCUT2D eigenvalue weighted by Crippen LogP contribution is 2.15. The first-order valence-corrected chi connectivity index (χ1v) is 4.12. The third-order valence-electron chi connectivity index (χ3n) is 1.57. The molecule has 0 radical (unpaired) electrons. The molecular weight excluding hydrogens is 211 g/mol. The van der Waals surface area contributed by atoms with Gasteiger partial charge in [0.15, 0.2) is 0 Å². The second kappa shape index (κ2) is 4.26. The van der Waals surface area contributed by atoms with Crippen molar-refractivity contribution in [2.75, 3.05) is 5.01 Å². The van der Waals surface area contributed by atoms with Gasteiger partial charge < -0.3 is 5.11 Å². The van der Waals surface area contributed by atoms with Gasteiger partial charge in [-0.3, -0.25) is 5.01 Å². The number of alkyl halides is 1. The van der Waals surface area contributed by atoms with Crippen molar-refractivity contribution < 1.29 is 14.3 Å². The summed E-state index contributed by atoms with van der Waals surface area (Å²) in [5.41, 5.74) is -1.05. The first-order chi connectivity index (χ1) is 6.52. The maximum absolute atomic E-state index is 12.5. The number of anilines is 1. The van der Waals surface area contributed by atoms with E-state index in [1.165, 1.54) is 24.3 Å². The van der Waals surface area contributed by atoms with Gasteiger partial charge in [-0.2, -0.15) is 0 Å². The fourth-order valence-electron chi connectivity index (χ4n) is 0.863. The number of halogens is 2. The highest BCUT2D eigenvalue weighted by molar-refractivity contribution is 6.30. The number of carbonyl (C=O) groups is 1. The predicted molar refractivity (Wildman–Crippen MR) is 50.3 cm³/mol. The van der Waals surface area contributed by atoms with Crippen LogP contribution in [0.3, 0.4) is 0 Å². The zero-order valence-electron chi connectivity index (χ0n) is 7.02. The average molecular weight is 219 g/mol. The molecule has 0 amide bonds. The Morgan fingerprint density at radius 3 is 2.43 bits per heavy atom. The largest absolute Gasteiger partial charge is 0.479 e. The Kier molecular flexibility index (Phi) is 3.27. The number of benzene rings is 1. The lowest BCUT2D eigenvalue weighted by molar-refractivity contribution is -0.136. The first kappa shape index (κ1) is 10.7. The van der Waals surface area contributed by atoms with Gasteiger partial charge in [-0.1, -0.05) is 11.6 Å². The average Bonchev–Trinajstić information content (AvgIpc) is 2.16. The Morgan fingerprint density at radius 1 is 1.50 bits per heavy atom. The molecule has 0 aliphatic heterocycles. The second-order valence-electron chi connectivity index (χ2n) is 2.56. The molecule has 0 aliphatic carbocycles. The van der Waals surface area contributed by atoms with Gasteiger partial charge in [0.1, 0.15) is 5.82 Å². The van der Waals surface area contributed by atoms with E-state index in [4.69, 9.17) is 22.6 Å². The highest BCUT2D eigenvalue weighted by Gasteiger charge is 2.20. The Balaban J connectivity index is 2.84.